The normalized spacial score (nSPS) is 11.2. The molecular formula is C14H24N2O. The molecule has 1 rings (SSSR count). The Morgan fingerprint density at radius 3 is 2.71 bits per heavy atom. The summed E-state index contributed by atoms with van der Waals surface area (Å²) in [6.45, 7) is 10.3. The first kappa shape index (κ1) is 14.0. The SMILES string of the molecule is CC(C)CCOc1cnccc1CNC(C)C. The number of hydrogen-bond donors (Lipinski definition) is 1. The van der Waals surface area contributed by atoms with Crippen molar-refractivity contribution in [1.29, 1.82) is 0 Å². The fourth-order valence-electron chi connectivity index (χ4n) is 1.40. The predicted octanol–water partition coefficient (Wildman–Crippen LogP) is 3.00. The van der Waals surface area contributed by atoms with Gasteiger partial charge in [0.2, 0.25) is 0 Å². The summed E-state index contributed by atoms with van der Waals surface area (Å²) < 4.78 is 5.78. The Labute approximate surface area is 105 Å². The van der Waals surface area contributed by atoms with Crippen molar-refractivity contribution in [1.82, 2.24) is 10.3 Å². The van der Waals surface area contributed by atoms with E-state index in [0.717, 1.165) is 25.3 Å². The van der Waals surface area contributed by atoms with Gasteiger partial charge in [-0.2, -0.15) is 0 Å². The van der Waals surface area contributed by atoms with Gasteiger partial charge in [-0.25, -0.2) is 0 Å². The zero-order valence-electron chi connectivity index (χ0n) is 11.4. The third kappa shape index (κ3) is 5.68. The minimum Gasteiger partial charge on any atom is -0.492 e. The van der Waals surface area contributed by atoms with E-state index in [1.54, 1.807) is 6.20 Å². The van der Waals surface area contributed by atoms with Gasteiger partial charge in [0.25, 0.3) is 0 Å². The molecular weight excluding hydrogens is 212 g/mol. The molecule has 1 heterocycles. The second kappa shape index (κ2) is 7.28. The van der Waals surface area contributed by atoms with Gasteiger partial charge >= 0.3 is 0 Å². The highest BCUT2D eigenvalue weighted by atomic mass is 16.5. The van der Waals surface area contributed by atoms with E-state index >= 15 is 0 Å². The summed E-state index contributed by atoms with van der Waals surface area (Å²) in [6.07, 6.45) is 4.69. The van der Waals surface area contributed by atoms with Crippen molar-refractivity contribution in [3.63, 3.8) is 0 Å². The van der Waals surface area contributed by atoms with Crippen molar-refractivity contribution in [3.8, 4) is 5.75 Å². The summed E-state index contributed by atoms with van der Waals surface area (Å²) >= 11 is 0. The highest BCUT2D eigenvalue weighted by Gasteiger charge is 2.04. The summed E-state index contributed by atoms with van der Waals surface area (Å²) in [6, 6.07) is 2.49. The van der Waals surface area contributed by atoms with E-state index in [4.69, 9.17) is 4.74 Å². The van der Waals surface area contributed by atoms with Crippen LogP contribution in [0.3, 0.4) is 0 Å². The van der Waals surface area contributed by atoms with Gasteiger partial charge in [-0.15, -0.1) is 0 Å². The largest absolute Gasteiger partial charge is 0.492 e. The minimum absolute atomic E-state index is 0.478. The van der Waals surface area contributed by atoms with E-state index in [2.05, 4.69) is 38.0 Å². The van der Waals surface area contributed by atoms with Crippen molar-refractivity contribution in [2.24, 2.45) is 5.92 Å². The van der Waals surface area contributed by atoms with E-state index in [9.17, 15) is 0 Å². The van der Waals surface area contributed by atoms with Crippen LogP contribution in [0.5, 0.6) is 5.75 Å². The average molecular weight is 236 g/mol. The van der Waals surface area contributed by atoms with Crippen molar-refractivity contribution in [2.45, 2.75) is 46.7 Å². The molecule has 0 fully saturated rings. The molecule has 1 N–H and O–H groups in total. The van der Waals surface area contributed by atoms with Gasteiger partial charge in [0.05, 0.1) is 12.8 Å². The summed E-state index contributed by atoms with van der Waals surface area (Å²) in [7, 11) is 0. The topological polar surface area (TPSA) is 34.1 Å². The number of nitrogens with zero attached hydrogens (tertiary/aromatic N) is 1. The molecule has 0 atom stereocenters. The first-order valence-corrected chi connectivity index (χ1v) is 6.38. The third-order valence-electron chi connectivity index (χ3n) is 2.52. The molecule has 0 unspecified atom stereocenters. The lowest BCUT2D eigenvalue weighted by Crippen LogP contribution is -2.22. The summed E-state index contributed by atoms with van der Waals surface area (Å²) in [5.41, 5.74) is 1.18. The van der Waals surface area contributed by atoms with Crippen LogP contribution in [-0.4, -0.2) is 17.6 Å². The first-order valence-electron chi connectivity index (χ1n) is 6.38. The number of pyridine rings is 1. The number of aromatic nitrogens is 1. The molecule has 17 heavy (non-hydrogen) atoms. The maximum Gasteiger partial charge on any atom is 0.142 e. The van der Waals surface area contributed by atoms with Gasteiger partial charge in [0.1, 0.15) is 5.75 Å². The molecule has 3 nitrogen and oxygen atoms in total. The molecule has 0 aliphatic carbocycles. The van der Waals surface area contributed by atoms with Gasteiger partial charge in [-0.1, -0.05) is 27.7 Å². The summed E-state index contributed by atoms with van der Waals surface area (Å²) in [4.78, 5) is 4.12. The van der Waals surface area contributed by atoms with Crippen LogP contribution in [0, 0.1) is 5.92 Å². The molecule has 0 aromatic carbocycles. The Morgan fingerprint density at radius 1 is 1.29 bits per heavy atom. The van der Waals surface area contributed by atoms with Crippen LogP contribution >= 0.6 is 0 Å². The molecule has 0 spiro atoms. The summed E-state index contributed by atoms with van der Waals surface area (Å²) in [5, 5.41) is 3.39. The zero-order valence-corrected chi connectivity index (χ0v) is 11.4. The molecule has 3 heteroatoms. The van der Waals surface area contributed by atoms with E-state index in [1.807, 2.05) is 12.3 Å². The molecule has 96 valence electrons. The van der Waals surface area contributed by atoms with Gasteiger partial charge in [0.15, 0.2) is 0 Å². The van der Waals surface area contributed by atoms with Crippen LogP contribution in [-0.2, 0) is 6.54 Å². The zero-order chi connectivity index (χ0) is 12.7. The standard InChI is InChI=1S/C14H24N2O/c1-11(2)6-8-17-14-10-15-7-5-13(14)9-16-12(3)4/h5,7,10-12,16H,6,8-9H2,1-4H3. The fraction of sp³-hybridized carbons (Fsp3) is 0.643. The number of nitrogens with one attached hydrogen (secondary N) is 1. The van der Waals surface area contributed by atoms with Gasteiger partial charge in [-0.05, 0) is 18.4 Å². The number of hydrogen-bond acceptors (Lipinski definition) is 3. The Morgan fingerprint density at radius 2 is 2.06 bits per heavy atom. The number of ether oxygens (including phenoxy) is 1. The van der Waals surface area contributed by atoms with Crippen LogP contribution in [0.1, 0.15) is 39.7 Å². The van der Waals surface area contributed by atoms with Gasteiger partial charge < -0.3 is 10.1 Å². The first-order chi connectivity index (χ1) is 8.09. The van der Waals surface area contributed by atoms with Crippen LogP contribution in [0.15, 0.2) is 18.5 Å². The van der Waals surface area contributed by atoms with Crippen molar-refractivity contribution in [2.75, 3.05) is 6.61 Å². The van der Waals surface area contributed by atoms with Crippen LogP contribution in [0.2, 0.25) is 0 Å². The Bertz CT molecular complexity index is 324. The van der Waals surface area contributed by atoms with Crippen molar-refractivity contribution in [3.05, 3.63) is 24.0 Å². The van der Waals surface area contributed by atoms with Gasteiger partial charge in [0, 0.05) is 24.3 Å². The smallest absolute Gasteiger partial charge is 0.142 e. The van der Waals surface area contributed by atoms with Crippen LogP contribution in [0.4, 0.5) is 0 Å². The second-order valence-electron chi connectivity index (χ2n) is 5.05. The van der Waals surface area contributed by atoms with E-state index in [0.29, 0.717) is 12.0 Å². The van der Waals surface area contributed by atoms with Crippen molar-refractivity contribution < 1.29 is 4.74 Å². The maximum atomic E-state index is 5.78. The average Bonchev–Trinajstić information content (AvgIpc) is 2.27. The molecule has 0 saturated carbocycles. The minimum atomic E-state index is 0.478. The molecule has 0 saturated heterocycles. The molecule has 0 aliphatic rings. The van der Waals surface area contributed by atoms with Crippen LogP contribution < -0.4 is 10.1 Å². The third-order valence-corrected chi connectivity index (χ3v) is 2.52. The molecule has 1 aromatic heterocycles. The molecule has 1 aromatic rings. The van der Waals surface area contributed by atoms with Crippen LogP contribution in [0.25, 0.3) is 0 Å². The molecule has 0 radical (unpaired) electrons. The molecule has 0 aliphatic heterocycles. The predicted molar refractivity (Wildman–Crippen MR) is 71.2 cm³/mol. The quantitative estimate of drug-likeness (QED) is 0.790. The molecule has 0 amide bonds. The Kier molecular flexibility index (Phi) is 5.98. The second-order valence-corrected chi connectivity index (χ2v) is 5.05. The molecule has 0 bridgehead atoms. The van der Waals surface area contributed by atoms with Crippen molar-refractivity contribution >= 4 is 0 Å². The monoisotopic (exact) mass is 236 g/mol. The Hall–Kier alpha value is -1.09. The van der Waals surface area contributed by atoms with E-state index in [1.165, 1.54) is 5.56 Å². The van der Waals surface area contributed by atoms with E-state index < -0.39 is 0 Å². The Balaban J connectivity index is 2.51. The number of rotatable bonds is 7. The lowest BCUT2D eigenvalue weighted by molar-refractivity contribution is 0.285. The lowest BCUT2D eigenvalue weighted by Gasteiger charge is -2.13. The highest BCUT2D eigenvalue weighted by molar-refractivity contribution is 5.29. The highest BCUT2D eigenvalue weighted by Crippen LogP contribution is 2.17. The lowest BCUT2D eigenvalue weighted by atomic mass is 10.1. The summed E-state index contributed by atoms with van der Waals surface area (Å²) in [5.74, 6) is 1.57. The fourth-order valence-corrected chi connectivity index (χ4v) is 1.40. The van der Waals surface area contributed by atoms with E-state index in [-0.39, 0.29) is 0 Å². The maximum absolute atomic E-state index is 5.78. The van der Waals surface area contributed by atoms with Gasteiger partial charge in [-0.3, -0.25) is 4.98 Å².